The number of benzene rings is 2. The molecule has 0 radical (unpaired) electrons. The van der Waals surface area contributed by atoms with Crippen molar-refractivity contribution in [1.29, 1.82) is 0 Å². The van der Waals surface area contributed by atoms with Crippen LogP contribution < -0.4 is 10.2 Å². The molecule has 0 aromatic heterocycles. The van der Waals surface area contributed by atoms with E-state index in [4.69, 9.17) is 0 Å². The number of hydrogen-bond acceptors (Lipinski definition) is 3. The van der Waals surface area contributed by atoms with Crippen LogP contribution in [0.3, 0.4) is 0 Å². The molecule has 0 aliphatic carbocycles. The summed E-state index contributed by atoms with van der Waals surface area (Å²) in [6.07, 6.45) is 0.403. The van der Waals surface area contributed by atoms with Gasteiger partial charge in [-0.05, 0) is 43.3 Å². The van der Waals surface area contributed by atoms with E-state index >= 15 is 0 Å². The third kappa shape index (κ3) is 4.19. The molecule has 0 heterocycles. The van der Waals surface area contributed by atoms with Crippen molar-refractivity contribution < 1.29 is 9.59 Å². The molecule has 2 aromatic rings. The quantitative estimate of drug-likeness (QED) is 0.832. The minimum atomic E-state index is 0.0474. The first-order valence-corrected chi connectivity index (χ1v) is 7.24. The molecule has 2 aromatic carbocycles. The Kier molecular flexibility index (Phi) is 5.31. The molecular formula is C18H20N2O2. The molecule has 0 spiro atoms. The molecule has 4 heteroatoms. The summed E-state index contributed by atoms with van der Waals surface area (Å²) < 4.78 is 0. The van der Waals surface area contributed by atoms with Gasteiger partial charge in [0.15, 0.2) is 5.78 Å². The second-order valence-corrected chi connectivity index (χ2v) is 5.10. The number of amides is 1. The Balaban J connectivity index is 1.83. The zero-order valence-corrected chi connectivity index (χ0v) is 12.9. The van der Waals surface area contributed by atoms with Gasteiger partial charge in [-0.1, -0.05) is 18.2 Å². The summed E-state index contributed by atoms with van der Waals surface area (Å²) in [5.41, 5.74) is 2.48. The lowest BCUT2D eigenvalue weighted by Crippen LogP contribution is -2.27. The lowest BCUT2D eigenvalue weighted by atomic mass is 10.1. The van der Waals surface area contributed by atoms with Gasteiger partial charge in [-0.15, -0.1) is 0 Å². The number of nitrogens with zero attached hydrogens (tertiary/aromatic N) is 1. The first kappa shape index (κ1) is 15.8. The molecule has 2 rings (SSSR count). The number of Topliss-reactive ketones (excluding diaryl/α,β-unsaturated/α-hetero) is 1. The van der Waals surface area contributed by atoms with Crippen LogP contribution in [0.25, 0.3) is 0 Å². The summed E-state index contributed by atoms with van der Waals surface area (Å²) in [6, 6.07) is 16.8. The zero-order chi connectivity index (χ0) is 15.9. The van der Waals surface area contributed by atoms with Crippen molar-refractivity contribution in [2.24, 2.45) is 0 Å². The van der Waals surface area contributed by atoms with Crippen molar-refractivity contribution in [3.63, 3.8) is 0 Å². The maximum absolute atomic E-state index is 12.1. The fourth-order valence-electron chi connectivity index (χ4n) is 2.10. The summed E-state index contributed by atoms with van der Waals surface area (Å²) in [4.78, 5) is 25.0. The van der Waals surface area contributed by atoms with Crippen molar-refractivity contribution >= 4 is 23.1 Å². The lowest BCUT2D eigenvalue weighted by Gasteiger charge is -2.17. The smallest absolute Gasteiger partial charge is 0.228 e. The second kappa shape index (κ2) is 7.41. The maximum atomic E-state index is 12.1. The topological polar surface area (TPSA) is 49.4 Å². The first-order valence-electron chi connectivity index (χ1n) is 7.24. The molecule has 114 valence electrons. The van der Waals surface area contributed by atoms with Crippen molar-refractivity contribution in [2.75, 3.05) is 23.8 Å². The van der Waals surface area contributed by atoms with Crippen LogP contribution in [-0.2, 0) is 4.79 Å². The standard InChI is InChI=1S/C18H20N2O2/c1-14(21)15-8-10-16(11-9-15)19-13-12-18(22)20(2)17-6-4-3-5-7-17/h3-11,19H,12-13H2,1-2H3. The molecule has 1 N–H and O–H groups in total. The molecular weight excluding hydrogens is 276 g/mol. The van der Waals surface area contributed by atoms with E-state index in [-0.39, 0.29) is 11.7 Å². The molecule has 0 unspecified atom stereocenters. The summed E-state index contributed by atoms with van der Waals surface area (Å²) in [5.74, 6) is 0.102. The van der Waals surface area contributed by atoms with Crippen LogP contribution in [0.5, 0.6) is 0 Å². The van der Waals surface area contributed by atoms with Gasteiger partial charge in [-0.25, -0.2) is 0 Å². The largest absolute Gasteiger partial charge is 0.385 e. The van der Waals surface area contributed by atoms with Crippen LogP contribution >= 0.6 is 0 Å². The van der Waals surface area contributed by atoms with Gasteiger partial charge in [0.25, 0.3) is 0 Å². The highest BCUT2D eigenvalue weighted by Crippen LogP contribution is 2.13. The Morgan fingerprint density at radius 1 is 1.00 bits per heavy atom. The van der Waals surface area contributed by atoms with Crippen LogP contribution in [0.15, 0.2) is 54.6 Å². The average Bonchev–Trinajstić information content (AvgIpc) is 2.55. The highest BCUT2D eigenvalue weighted by molar-refractivity contribution is 5.94. The van der Waals surface area contributed by atoms with Gasteiger partial charge in [-0.3, -0.25) is 9.59 Å². The van der Waals surface area contributed by atoms with Gasteiger partial charge in [0.2, 0.25) is 5.91 Å². The minimum absolute atomic E-state index is 0.0474. The van der Waals surface area contributed by atoms with E-state index in [2.05, 4.69) is 5.32 Å². The Labute approximate surface area is 130 Å². The number of ketones is 1. The molecule has 4 nitrogen and oxygen atoms in total. The Morgan fingerprint density at radius 2 is 1.64 bits per heavy atom. The van der Waals surface area contributed by atoms with Crippen LogP contribution in [0.1, 0.15) is 23.7 Å². The van der Waals surface area contributed by atoms with E-state index in [1.807, 2.05) is 42.5 Å². The molecule has 0 saturated carbocycles. The highest BCUT2D eigenvalue weighted by Gasteiger charge is 2.09. The van der Waals surface area contributed by atoms with Gasteiger partial charge in [0.05, 0.1) is 0 Å². The number of nitrogens with one attached hydrogen (secondary N) is 1. The number of anilines is 2. The summed E-state index contributed by atoms with van der Waals surface area (Å²) in [5, 5.41) is 3.19. The number of carbonyl (C=O) groups excluding carboxylic acids is 2. The van der Waals surface area contributed by atoms with Gasteiger partial charge >= 0.3 is 0 Å². The van der Waals surface area contributed by atoms with Crippen LogP contribution in [-0.4, -0.2) is 25.3 Å². The van der Waals surface area contributed by atoms with Crippen molar-refractivity contribution in [3.05, 3.63) is 60.2 Å². The molecule has 0 bridgehead atoms. The van der Waals surface area contributed by atoms with Crippen LogP contribution in [0.2, 0.25) is 0 Å². The maximum Gasteiger partial charge on any atom is 0.228 e. The predicted octanol–water partition coefficient (Wildman–Crippen LogP) is 3.35. The predicted molar refractivity (Wildman–Crippen MR) is 89.4 cm³/mol. The molecule has 22 heavy (non-hydrogen) atoms. The number of carbonyl (C=O) groups is 2. The first-order chi connectivity index (χ1) is 10.6. The van der Waals surface area contributed by atoms with Crippen LogP contribution in [0, 0.1) is 0 Å². The van der Waals surface area contributed by atoms with Gasteiger partial charge in [-0.2, -0.15) is 0 Å². The van der Waals surface area contributed by atoms with Crippen LogP contribution in [0.4, 0.5) is 11.4 Å². The molecule has 0 aliphatic rings. The SMILES string of the molecule is CC(=O)c1ccc(NCCC(=O)N(C)c2ccccc2)cc1. The number of para-hydroxylation sites is 1. The molecule has 0 fully saturated rings. The monoisotopic (exact) mass is 296 g/mol. The van der Waals surface area contributed by atoms with E-state index in [0.717, 1.165) is 11.4 Å². The van der Waals surface area contributed by atoms with Crippen molar-refractivity contribution in [2.45, 2.75) is 13.3 Å². The number of rotatable bonds is 6. The molecule has 0 aliphatic heterocycles. The van der Waals surface area contributed by atoms with Crippen molar-refractivity contribution in [3.8, 4) is 0 Å². The third-order valence-electron chi connectivity index (χ3n) is 3.48. The Morgan fingerprint density at radius 3 is 2.23 bits per heavy atom. The lowest BCUT2D eigenvalue weighted by molar-refractivity contribution is -0.118. The minimum Gasteiger partial charge on any atom is -0.385 e. The van der Waals surface area contributed by atoms with E-state index in [1.165, 1.54) is 0 Å². The Bertz CT molecular complexity index is 636. The molecule has 0 saturated heterocycles. The summed E-state index contributed by atoms with van der Waals surface area (Å²) >= 11 is 0. The highest BCUT2D eigenvalue weighted by atomic mass is 16.2. The van der Waals surface area contributed by atoms with E-state index in [0.29, 0.717) is 18.5 Å². The van der Waals surface area contributed by atoms with Gasteiger partial charge in [0, 0.05) is 37.0 Å². The van der Waals surface area contributed by atoms with Gasteiger partial charge < -0.3 is 10.2 Å². The Hall–Kier alpha value is -2.62. The van der Waals surface area contributed by atoms with E-state index in [1.54, 1.807) is 31.0 Å². The third-order valence-corrected chi connectivity index (χ3v) is 3.48. The summed E-state index contributed by atoms with van der Waals surface area (Å²) in [7, 11) is 1.78. The second-order valence-electron chi connectivity index (χ2n) is 5.10. The fourth-order valence-corrected chi connectivity index (χ4v) is 2.10. The van der Waals surface area contributed by atoms with E-state index < -0.39 is 0 Å². The summed E-state index contributed by atoms with van der Waals surface area (Å²) in [6.45, 7) is 2.09. The fraction of sp³-hybridized carbons (Fsp3) is 0.222. The molecule has 0 atom stereocenters. The normalized spacial score (nSPS) is 10.1. The van der Waals surface area contributed by atoms with Crippen molar-refractivity contribution in [1.82, 2.24) is 0 Å². The zero-order valence-electron chi connectivity index (χ0n) is 12.9. The average molecular weight is 296 g/mol. The van der Waals surface area contributed by atoms with E-state index in [9.17, 15) is 9.59 Å². The van der Waals surface area contributed by atoms with Gasteiger partial charge in [0.1, 0.15) is 0 Å². The number of hydrogen-bond donors (Lipinski definition) is 1. The molecule has 1 amide bonds.